The number of hydrogen-bond donors (Lipinski definition) is 0. The molecule has 0 bridgehead atoms. The second-order valence-corrected chi connectivity index (χ2v) is 3.13. The van der Waals surface area contributed by atoms with Gasteiger partial charge in [0.1, 0.15) is 0 Å². The van der Waals surface area contributed by atoms with Crippen LogP contribution in [0.15, 0.2) is 12.2 Å². The van der Waals surface area contributed by atoms with E-state index in [1.165, 1.54) is 0 Å². The standard InChI is InChI=1S/C8H13N/c1-8(2,3)6-4-5-7-9/h4,6H,5H2,1-3H3/b6-4+. The van der Waals surface area contributed by atoms with Gasteiger partial charge in [-0.25, -0.2) is 0 Å². The summed E-state index contributed by atoms with van der Waals surface area (Å²) in [5.74, 6) is 0. The summed E-state index contributed by atoms with van der Waals surface area (Å²) in [4.78, 5) is 0. The molecule has 0 aromatic carbocycles. The molecular formula is C8H13N. The van der Waals surface area contributed by atoms with Gasteiger partial charge in [0.05, 0.1) is 12.5 Å². The highest BCUT2D eigenvalue weighted by atomic mass is 14.2. The average molecular weight is 123 g/mol. The lowest BCUT2D eigenvalue weighted by molar-refractivity contribution is 0.543. The first-order valence-electron chi connectivity index (χ1n) is 3.11. The van der Waals surface area contributed by atoms with Crippen molar-refractivity contribution in [1.82, 2.24) is 0 Å². The van der Waals surface area contributed by atoms with Crippen LogP contribution < -0.4 is 0 Å². The van der Waals surface area contributed by atoms with Gasteiger partial charge in [0.25, 0.3) is 0 Å². The van der Waals surface area contributed by atoms with Gasteiger partial charge in [-0.2, -0.15) is 5.26 Å². The van der Waals surface area contributed by atoms with E-state index < -0.39 is 0 Å². The minimum absolute atomic E-state index is 0.219. The molecule has 0 aromatic rings. The van der Waals surface area contributed by atoms with E-state index in [-0.39, 0.29) is 5.41 Å². The number of hydrogen-bond acceptors (Lipinski definition) is 1. The molecule has 0 aliphatic rings. The molecule has 9 heavy (non-hydrogen) atoms. The Morgan fingerprint density at radius 1 is 1.44 bits per heavy atom. The number of nitriles is 1. The van der Waals surface area contributed by atoms with Crippen molar-refractivity contribution in [3.8, 4) is 6.07 Å². The van der Waals surface area contributed by atoms with E-state index in [0.29, 0.717) is 6.42 Å². The van der Waals surface area contributed by atoms with E-state index >= 15 is 0 Å². The Labute approximate surface area is 57.0 Å². The average Bonchev–Trinajstić information content (AvgIpc) is 1.63. The molecule has 0 fully saturated rings. The summed E-state index contributed by atoms with van der Waals surface area (Å²) in [7, 11) is 0. The van der Waals surface area contributed by atoms with Gasteiger partial charge < -0.3 is 0 Å². The van der Waals surface area contributed by atoms with Crippen LogP contribution in [0.5, 0.6) is 0 Å². The summed E-state index contributed by atoms with van der Waals surface area (Å²) in [6, 6.07) is 2.05. The molecule has 0 aliphatic heterocycles. The maximum Gasteiger partial charge on any atom is 0.0663 e. The molecule has 1 heteroatoms. The molecule has 50 valence electrons. The monoisotopic (exact) mass is 123 g/mol. The van der Waals surface area contributed by atoms with Crippen molar-refractivity contribution in [2.24, 2.45) is 5.41 Å². The van der Waals surface area contributed by atoms with E-state index in [2.05, 4.69) is 32.9 Å². The first kappa shape index (κ1) is 8.23. The molecule has 0 N–H and O–H groups in total. The smallest absolute Gasteiger partial charge is 0.0663 e. The topological polar surface area (TPSA) is 23.8 Å². The number of rotatable bonds is 1. The van der Waals surface area contributed by atoms with Crippen LogP contribution in [0.25, 0.3) is 0 Å². The van der Waals surface area contributed by atoms with Gasteiger partial charge in [-0.15, -0.1) is 0 Å². The SMILES string of the molecule is CC(C)(C)/C=C/CC#N. The molecule has 0 spiro atoms. The summed E-state index contributed by atoms with van der Waals surface area (Å²) in [6.45, 7) is 6.34. The first-order chi connectivity index (χ1) is 4.06. The van der Waals surface area contributed by atoms with Crippen molar-refractivity contribution in [2.45, 2.75) is 27.2 Å². The molecule has 0 heterocycles. The second-order valence-electron chi connectivity index (χ2n) is 3.13. The fourth-order valence-electron chi connectivity index (χ4n) is 0.465. The molecule has 0 atom stereocenters. The minimum Gasteiger partial charge on any atom is -0.198 e. The van der Waals surface area contributed by atoms with Crippen molar-refractivity contribution in [1.29, 1.82) is 5.26 Å². The molecule has 0 rings (SSSR count). The summed E-state index contributed by atoms with van der Waals surface area (Å²) >= 11 is 0. The zero-order chi connectivity index (χ0) is 7.33. The molecule has 0 aromatic heterocycles. The summed E-state index contributed by atoms with van der Waals surface area (Å²) in [6.07, 6.45) is 4.48. The predicted octanol–water partition coefficient (Wildman–Crippen LogP) is 2.50. The zero-order valence-corrected chi connectivity index (χ0v) is 6.31. The molecule has 1 nitrogen and oxygen atoms in total. The molecule has 0 radical (unpaired) electrons. The lowest BCUT2D eigenvalue weighted by atomic mass is 9.96. The van der Waals surface area contributed by atoms with Crippen LogP contribution in [-0.4, -0.2) is 0 Å². The highest BCUT2D eigenvalue weighted by Gasteiger charge is 2.01. The van der Waals surface area contributed by atoms with Crippen molar-refractivity contribution in [2.75, 3.05) is 0 Å². The molecule has 0 amide bonds. The van der Waals surface area contributed by atoms with Crippen molar-refractivity contribution < 1.29 is 0 Å². The third-order valence-corrected chi connectivity index (χ3v) is 0.827. The third-order valence-electron chi connectivity index (χ3n) is 0.827. The van der Waals surface area contributed by atoms with Crippen molar-refractivity contribution >= 4 is 0 Å². The highest BCUT2D eigenvalue weighted by Crippen LogP contribution is 2.14. The van der Waals surface area contributed by atoms with E-state index in [9.17, 15) is 0 Å². The van der Waals surface area contributed by atoms with E-state index in [0.717, 1.165) is 0 Å². The van der Waals surface area contributed by atoms with Crippen molar-refractivity contribution in [3.05, 3.63) is 12.2 Å². The maximum atomic E-state index is 8.16. The van der Waals surface area contributed by atoms with Gasteiger partial charge in [-0.1, -0.05) is 32.9 Å². The zero-order valence-electron chi connectivity index (χ0n) is 6.31. The molecular weight excluding hydrogens is 110 g/mol. The van der Waals surface area contributed by atoms with E-state index in [4.69, 9.17) is 5.26 Å². The number of nitrogens with zero attached hydrogens (tertiary/aromatic N) is 1. The summed E-state index contributed by atoms with van der Waals surface area (Å²) < 4.78 is 0. The normalized spacial score (nSPS) is 11.8. The minimum atomic E-state index is 0.219. The van der Waals surface area contributed by atoms with Crippen LogP contribution >= 0.6 is 0 Å². The summed E-state index contributed by atoms with van der Waals surface area (Å²) in [5.41, 5.74) is 0.219. The molecule has 0 saturated carbocycles. The van der Waals surface area contributed by atoms with Crippen molar-refractivity contribution in [3.63, 3.8) is 0 Å². The van der Waals surface area contributed by atoms with Gasteiger partial charge in [0.2, 0.25) is 0 Å². The van der Waals surface area contributed by atoms with Crippen LogP contribution in [0.3, 0.4) is 0 Å². The Morgan fingerprint density at radius 3 is 2.33 bits per heavy atom. The Morgan fingerprint density at radius 2 is 2.00 bits per heavy atom. The Bertz CT molecular complexity index is 132. The Balaban J connectivity index is 3.61. The van der Waals surface area contributed by atoms with Gasteiger partial charge in [0.15, 0.2) is 0 Å². The lowest BCUT2D eigenvalue weighted by Gasteiger charge is -2.09. The van der Waals surface area contributed by atoms with Gasteiger partial charge in [-0.3, -0.25) is 0 Å². The van der Waals surface area contributed by atoms with Crippen LogP contribution in [0, 0.1) is 16.7 Å². The lowest BCUT2D eigenvalue weighted by Crippen LogP contribution is -1.97. The van der Waals surface area contributed by atoms with E-state index in [1.807, 2.05) is 6.08 Å². The predicted molar refractivity (Wildman–Crippen MR) is 38.8 cm³/mol. The molecule has 0 saturated heterocycles. The molecule has 0 unspecified atom stereocenters. The highest BCUT2D eigenvalue weighted by molar-refractivity contribution is 4.96. The maximum absolute atomic E-state index is 8.16. The fourth-order valence-corrected chi connectivity index (χ4v) is 0.465. The van der Waals surface area contributed by atoms with Crippen LogP contribution in [0.4, 0.5) is 0 Å². The summed E-state index contributed by atoms with van der Waals surface area (Å²) in [5, 5.41) is 8.16. The second kappa shape index (κ2) is 3.29. The van der Waals surface area contributed by atoms with Gasteiger partial charge in [0, 0.05) is 0 Å². The largest absolute Gasteiger partial charge is 0.198 e. The van der Waals surface area contributed by atoms with E-state index in [1.54, 1.807) is 0 Å². The number of allylic oxidation sites excluding steroid dienone is 2. The van der Waals surface area contributed by atoms with Gasteiger partial charge in [-0.05, 0) is 5.41 Å². The Hall–Kier alpha value is -0.770. The quantitative estimate of drug-likeness (QED) is 0.491. The third kappa shape index (κ3) is 7.23. The molecule has 0 aliphatic carbocycles. The fraction of sp³-hybridized carbons (Fsp3) is 0.625. The Kier molecular flexibility index (Phi) is 3.01. The first-order valence-corrected chi connectivity index (χ1v) is 3.11. The van der Waals surface area contributed by atoms with Crippen LogP contribution in [0.1, 0.15) is 27.2 Å². The van der Waals surface area contributed by atoms with Gasteiger partial charge >= 0.3 is 0 Å². The van der Waals surface area contributed by atoms with Crippen LogP contribution in [0.2, 0.25) is 0 Å². The van der Waals surface area contributed by atoms with Crippen LogP contribution in [-0.2, 0) is 0 Å².